The van der Waals surface area contributed by atoms with Crippen molar-refractivity contribution in [2.45, 2.75) is 0 Å². The molecule has 8 nitrogen and oxygen atoms in total. The molecule has 94 valence electrons. The van der Waals surface area contributed by atoms with Crippen molar-refractivity contribution < 1.29 is 10.2 Å². The molecule has 0 aliphatic heterocycles. The summed E-state index contributed by atoms with van der Waals surface area (Å²) in [6.07, 6.45) is 0. The lowest BCUT2D eigenvalue weighted by Crippen LogP contribution is -2.22. The maximum Gasteiger partial charge on any atom is 0.349 e. The van der Waals surface area contributed by atoms with Crippen molar-refractivity contribution in [3.8, 4) is 22.9 Å². The van der Waals surface area contributed by atoms with E-state index >= 15 is 0 Å². The first-order valence-electron chi connectivity index (χ1n) is 5.03. The van der Waals surface area contributed by atoms with Gasteiger partial charge in [0, 0.05) is 12.6 Å². The van der Waals surface area contributed by atoms with Gasteiger partial charge in [-0.05, 0) is 18.2 Å². The van der Waals surface area contributed by atoms with Crippen LogP contribution in [-0.2, 0) is 0 Å². The molecule has 0 bridgehead atoms. The van der Waals surface area contributed by atoms with Gasteiger partial charge in [-0.3, -0.25) is 10.4 Å². The monoisotopic (exact) mass is 249 g/mol. The summed E-state index contributed by atoms with van der Waals surface area (Å²) >= 11 is 0. The molecule has 0 saturated heterocycles. The molecular formula is C10H11N5O3. The van der Waals surface area contributed by atoms with E-state index in [9.17, 15) is 15.0 Å². The summed E-state index contributed by atoms with van der Waals surface area (Å²) in [6, 6.07) is 4.10. The van der Waals surface area contributed by atoms with Crippen molar-refractivity contribution in [1.82, 2.24) is 20.4 Å². The molecule has 2 aromatic rings. The largest absolute Gasteiger partial charge is 0.504 e. The van der Waals surface area contributed by atoms with Crippen LogP contribution in [0.5, 0.6) is 11.5 Å². The minimum absolute atomic E-state index is 0.101. The Bertz CT molecular complexity index is 625. The number of phenols is 2. The van der Waals surface area contributed by atoms with Gasteiger partial charge in [0.15, 0.2) is 11.5 Å². The fraction of sp³-hybridized carbons (Fsp3) is 0.100. The predicted octanol–water partition coefficient (Wildman–Crippen LogP) is -0.211. The molecule has 0 unspecified atom stereocenters. The second kappa shape index (κ2) is 4.72. The summed E-state index contributed by atoms with van der Waals surface area (Å²) < 4.78 is 0. The third-order valence-electron chi connectivity index (χ3n) is 2.14. The summed E-state index contributed by atoms with van der Waals surface area (Å²) in [5, 5.41) is 18.6. The van der Waals surface area contributed by atoms with Gasteiger partial charge in [0.05, 0.1) is 0 Å². The maximum atomic E-state index is 11.3. The molecule has 0 spiro atoms. The highest BCUT2D eigenvalue weighted by atomic mass is 16.3. The molecule has 1 aromatic heterocycles. The highest BCUT2D eigenvalue weighted by Crippen LogP contribution is 2.28. The molecule has 18 heavy (non-hydrogen) atoms. The van der Waals surface area contributed by atoms with Crippen LogP contribution in [0, 0.1) is 0 Å². The summed E-state index contributed by atoms with van der Waals surface area (Å²) in [5.74, 6) is -0.217. The highest BCUT2D eigenvalue weighted by molar-refractivity contribution is 5.60. The second-order valence-corrected chi connectivity index (χ2v) is 3.40. The van der Waals surface area contributed by atoms with E-state index in [1.807, 2.05) is 0 Å². The van der Waals surface area contributed by atoms with Crippen LogP contribution in [0.2, 0.25) is 0 Å². The second-order valence-electron chi connectivity index (χ2n) is 3.40. The number of nitrogens with zero attached hydrogens (tertiary/aromatic N) is 2. The standard InChI is InChI=1S/C10H11N5O3/c1-11-15-9-12-8(13-10(18)14-9)5-2-3-6(16)7(17)4-5/h2-4,11,16-17H,1H3,(H2,12,13,14,15,18). The van der Waals surface area contributed by atoms with E-state index in [0.717, 1.165) is 0 Å². The first-order chi connectivity index (χ1) is 8.60. The Hall–Kier alpha value is -2.61. The van der Waals surface area contributed by atoms with Gasteiger partial charge in [-0.25, -0.2) is 10.2 Å². The average molecular weight is 249 g/mol. The minimum atomic E-state index is -0.578. The van der Waals surface area contributed by atoms with E-state index in [1.54, 1.807) is 7.05 Å². The van der Waals surface area contributed by atoms with Gasteiger partial charge < -0.3 is 10.2 Å². The number of hydrazine groups is 1. The maximum absolute atomic E-state index is 11.3. The summed E-state index contributed by atoms with van der Waals surface area (Å²) in [4.78, 5) is 21.4. The van der Waals surface area contributed by atoms with Crippen LogP contribution in [0.1, 0.15) is 0 Å². The molecule has 8 heteroatoms. The van der Waals surface area contributed by atoms with Crippen molar-refractivity contribution in [3.05, 3.63) is 28.7 Å². The lowest BCUT2D eigenvalue weighted by molar-refractivity contribution is 0.404. The number of anilines is 1. The van der Waals surface area contributed by atoms with Crippen LogP contribution in [0.25, 0.3) is 11.4 Å². The smallest absolute Gasteiger partial charge is 0.349 e. The van der Waals surface area contributed by atoms with Gasteiger partial charge in [0.1, 0.15) is 5.82 Å². The molecule has 2 rings (SSSR count). The van der Waals surface area contributed by atoms with E-state index in [0.29, 0.717) is 5.56 Å². The fourth-order valence-electron chi connectivity index (χ4n) is 1.36. The van der Waals surface area contributed by atoms with Gasteiger partial charge in [-0.1, -0.05) is 0 Å². The predicted molar refractivity (Wildman–Crippen MR) is 64.1 cm³/mol. The normalized spacial score (nSPS) is 10.3. The van der Waals surface area contributed by atoms with Crippen LogP contribution < -0.4 is 16.5 Å². The van der Waals surface area contributed by atoms with E-state index in [-0.39, 0.29) is 23.3 Å². The van der Waals surface area contributed by atoms with Gasteiger partial charge in [0.25, 0.3) is 0 Å². The summed E-state index contributed by atoms with van der Waals surface area (Å²) in [7, 11) is 1.61. The van der Waals surface area contributed by atoms with Crippen LogP contribution in [0.4, 0.5) is 5.95 Å². The van der Waals surface area contributed by atoms with Gasteiger partial charge in [-0.2, -0.15) is 9.97 Å². The Labute approximate surface area is 101 Å². The van der Waals surface area contributed by atoms with E-state index in [2.05, 4.69) is 25.8 Å². The lowest BCUT2D eigenvalue weighted by atomic mass is 10.2. The number of aromatic nitrogens is 3. The van der Waals surface area contributed by atoms with Crippen LogP contribution >= 0.6 is 0 Å². The number of aromatic amines is 1. The Morgan fingerprint density at radius 1 is 1.22 bits per heavy atom. The quantitative estimate of drug-likeness (QED) is 0.376. The molecule has 0 fully saturated rings. The zero-order valence-electron chi connectivity index (χ0n) is 9.43. The molecule has 0 radical (unpaired) electrons. The molecule has 1 heterocycles. The van der Waals surface area contributed by atoms with E-state index < -0.39 is 5.69 Å². The third-order valence-corrected chi connectivity index (χ3v) is 2.14. The average Bonchev–Trinajstić information content (AvgIpc) is 2.32. The molecule has 0 aliphatic carbocycles. The SMILES string of the molecule is CNNc1nc(-c2ccc(O)c(O)c2)[nH]c(=O)n1. The number of phenolic OH excluding ortho intramolecular Hbond substituents is 2. The van der Waals surface area contributed by atoms with Gasteiger partial charge in [0.2, 0.25) is 5.95 Å². The highest BCUT2D eigenvalue weighted by Gasteiger charge is 2.07. The van der Waals surface area contributed by atoms with Crippen molar-refractivity contribution in [2.24, 2.45) is 0 Å². The van der Waals surface area contributed by atoms with Gasteiger partial charge in [-0.15, -0.1) is 0 Å². The molecule has 1 aromatic carbocycles. The summed E-state index contributed by atoms with van der Waals surface area (Å²) in [6.45, 7) is 0. The number of rotatable bonds is 3. The molecule has 0 aliphatic rings. The molecule has 0 saturated carbocycles. The molecular weight excluding hydrogens is 238 g/mol. The third kappa shape index (κ3) is 2.38. The van der Waals surface area contributed by atoms with Gasteiger partial charge >= 0.3 is 5.69 Å². The zero-order chi connectivity index (χ0) is 13.1. The molecule has 0 amide bonds. The van der Waals surface area contributed by atoms with Crippen molar-refractivity contribution in [3.63, 3.8) is 0 Å². The molecule has 0 atom stereocenters. The van der Waals surface area contributed by atoms with Crippen molar-refractivity contribution in [2.75, 3.05) is 12.5 Å². The summed E-state index contributed by atoms with van der Waals surface area (Å²) in [5.41, 5.74) is 5.04. The Kier molecular flexibility index (Phi) is 3.11. The zero-order valence-corrected chi connectivity index (χ0v) is 9.43. The van der Waals surface area contributed by atoms with Crippen molar-refractivity contribution in [1.29, 1.82) is 0 Å². The topological polar surface area (TPSA) is 123 Å². The Morgan fingerprint density at radius 3 is 2.67 bits per heavy atom. The van der Waals surface area contributed by atoms with E-state index in [1.165, 1.54) is 18.2 Å². The minimum Gasteiger partial charge on any atom is -0.504 e. The number of H-pyrrole nitrogens is 1. The van der Waals surface area contributed by atoms with E-state index in [4.69, 9.17) is 0 Å². The van der Waals surface area contributed by atoms with Crippen LogP contribution in [0.3, 0.4) is 0 Å². The number of aromatic hydroxyl groups is 2. The fourth-order valence-corrected chi connectivity index (χ4v) is 1.36. The number of hydrogen-bond acceptors (Lipinski definition) is 7. The first kappa shape index (κ1) is 11.9. The number of hydrogen-bond donors (Lipinski definition) is 5. The number of nitrogens with one attached hydrogen (secondary N) is 3. The lowest BCUT2D eigenvalue weighted by Gasteiger charge is -2.05. The van der Waals surface area contributed by atoms with Crippen LogP contribution in [-0.4, -0.2) is 32.2 Å². The Morgan fingerprint density at radius 2 is 2.00 bits per heavy atom. The Balaban J connectivity index is 2.49. The van der Waals surface area contributed by atoms with Crippen LogP contribution in [0.15, 0.2) is 23.0 Å². The van der Waals surface area contributed by atoms with Crippen molar-refractivity contribution >= 4 is 5.95 Å². The first-order valence-corrected chi connectivity index (χ1v) is 5.03. The molecule has 5 N–H and O–H groups in total. The number of benzene rings is 1.